The molecule has 0 radical (unpaired) electrons. The molecule has 1 fully saturated rings. The third kappa shape index (κ3) is 1.98. The van der Waals surface area contributed by atoms with Crippen LogP contribution in [-0.2, 0) is 9.59 Å². The number of amides is 1. The van der Waals surface area contributed by atoms with Crippen molar-refractivity contribution in [3.8, 4) is 0 Å². The van der Waals surface area contributed by atoms with Gasteiger partial charge in [0.1, 0.15) is 6.04 Å². The number of rotatable bonds is 2. The summed E-state index contributed by atoms with van der Waals surface area (Å²) in [5.41, 5.74) is 5.39. The summed E-state index contributed by atoms with van der Waals surface area (Å²) in [4.78, 5) is 23.5. The van der Waals surface area contributed by atoms with Crippen LogP contribution in [0.2, 0.25) is 0 Å². The van der Waals surface area contributed by atoms with Crippen LogP contribution in [0, 0.1) is 0 Å². The summed E-state index contributed by atoms with van der Waals surface area (Å²) >= 11 is 0. The standard InChI is InChI=1S/C8H14N2O3/c1-5(9)7(11)10-4-2-3-6(10)8(12)13/h5-6H,2-4,9H2,1H3,(H,12,13)/t5-,6?/m0/s1. The van der Waals surface area contributed by atoms with Gasteiger partial charge in [-0.3, -0.25) is 4.79 Å². The van der Waals surface area contributed by atoms with Crippen molar-refractivity contribution >= 4 is 11.9 Å². The average Bonchev–Trinajstić information content (AvgIpc) is 2.50. The second kappa shape index (κ2) is 3.74. The normalized spacial score (nSPS) is 24.5. The summed E-state index contributed by atoms with van der Waals surface area (Å²) in [6.07, 6.45) is 1.28. The minimum absolute atomic E-state index is 0.273. The summed E-state index contributed by atoms with van der Waals surface area (Å²) in [5.74, 6) is -1.21. The van der Waals surface area contributed by atoms with Gasteiger partial charge in [-0.25, -0.2) is 4.79 Å². The molecule has 1 aliphatic heterocycles. The lowest BCUT2D eigenvalue weighted by molar-refractivity contribution is -0.148. The SMILES string of the molecule is C[C@H](N)C(=O)N1CCCC1C(=O)O. The van der Waals surface area contributed by atoms with Crippen molar-refractivity contribution in [1.29, 1.82) is 0 Å². The summed E-state index contributed by atoms with van der Waals surface area (Å²) in [6, 6.07) is -1.28. The minimum Gasteiger partial charge on any atom is -0.480 e. The molecule has 2 atom stereocenters. The first-order valence-electron chi connectivity index (χ1n) is 4.33. The van der Waals surface area contributed by atoms with Gasteiger partial charge in [0.05, 0.1) is 6.04 Å². The van der Waals surface area contributed by atoms with Gasteiger partial charge in [0.25, 0.3) is 0 Å². The molecule has 74 valence electrons. The first kappa shape index (κ1) is 9.98. The van der Waals surface area contributed by atoms with E-state index in [0.29, 0.717) is 13.0 Å². The van der Waals surface area contributed by atoms with E-state index < -0.39 is 18.1 Å². The molecule has 1 aliphatic rings. The molecule has 0 bridgehead atoms. The Kier molecular flexibility index (Phi) is 2.87. The topological polar surface area (TPSA) is 83.6 Å². The smallest absolute Gasteiger partial charge is 0.326 e. The maximum atomic E-state index is 11.4. The zero-order valence-electron chi connectivity index (χ0n) is 7.56. The van der Waals surface area contributed by atoms with Gasteiger partial charge in [0, 0.05) is 6.54 Å². The predicted molar refractivity (Wildman–Crippen MR) is 46.0 cm³/mol. The third-order valence-corrected chi connectivity index (χ3v) is 2.21. The van der Waals surface area contributed by atoms with Crippen molar-refractivity contribution in [3.05, 3.63) is 0 Å². The van der Waals surface area contributed by atoms with Gasteiger partial charge in [0.2, 0.25) is 5.91 Å². The number of carboxylic acid groups (broad SMARTS) is 1. The number of carboxylic acids is 1. The van der Waals surface area contributed by atoms with Crippen LogP contribution in [0.1, 0.15) is 19.8 Å². The Bertz CT molecular complexity index is 227. The van der Waals surface area contributed by atoms with E-state index in [-0.39, 0.29) is 5.91 Å². The van der Waals surface area contributed by atoms with Crippen LogP contribution in [0.15, 0.2) is 0 Å². The van der Waals surface area contributed by atoms with E-state index in [1.54, 1.807) is 6.92 Å². The lowest BCUT2D eigenvalue weighted by atomic mass is 10.2. The number of hydrogen-bond donors (Lipinski definition) is 2. The number of carbonyl (C=O) groups excluding carboxylic acids is 1. The quantitative estimate of drug-likeness (QED) is 0.603. The van der Waals surface area contributed by atoms with E-state index in [0.717, 1.165) is 6.42 Å². The fourth-order valence-corrected chi connectivity index (χ4v) is 1.55. The Morgan fingerprint density at radius 3 is 2.69 bits per heavy atom. The van der Waals surface area contributed by atoms with Gasteiger partial charge in [0.15, 0.2) is 0 Å². The van der Waals surface area contributed by atoms with Crippen molar-refractivity contribution in [2.45, 2.75) is 31.8 Å². The Morgan fingerprint density at radius 2 is 2.23 bits per heavy atom. The first-order valence-corrected chi connectivity index (χ1v) is 4.33. The van der Waals surface area contributed by atoms with E-state index >= 15 is 0 Å². The zero-order chi connectivity index (χ0) is 10.0. The third-order valence-electron chi connectivity index (χ3n) is 2.21. The molecule has 0 aromatic heterocycles. The highest BCUT2D eigenvalue weighted by Crippen LogP contribution is 2.17. The van der Waals surface area contributed by atoms with Crippen LogP contribution in [0.5, 0.6) is 0 Å². The van der Waals surface area contributed by atoms with Crippen molar-refractivity contribution in [3.63, 3.8) is 0 Å². The van der Waals surface area contributed by atoms with Gasteiger partial charge in [-0.2, -0.15) is 0 Å². The number of nitrogens with zero attached hydrogens (tertiary/aromatic N) is 1. The summed E-state index contributed by atoms with van der Waals surface area (Å²) in [5, 5.41) is 8.78. The van der Waals surface area contributed by atoms with Crippen LogP contribution in [0.4, 0.5) is 0 Å². The van der Waals surface area contributed by atoms with Crippen LogP contribution >= 0.6 is 0 Å². The monoisotopic (exact) mass is 186 g/mol. The average molecular weight is 186 g/mol. The predicted octanol–water partition coefficient (Wildman–Crippen LogP) is -0.591. The lowest BCUT2D eigenvalue weighted by Gasteiger charge is -2.22. The van der Waals surface area contributed by atoms with Crippen molar-refractivity contribution < 1.29 is 14.7 Å². The van der Waals surface area contributed by atoms with Gasteiger partial charge in [-0.15, -0.1) is 0 Å². The number of hydrogen-bond acceptors (Lipinski definition) is 3. The fourth-order valence-electron chi connectivity index (χ4n) is 1.55. The molecule has 5 nitrogen and oxygen atoms in total. The largest absolute Gasteiger partial charge is 0.480 e. The second-order valence-corrected chi connectivity index (χ2v) is 3.32. The van der Waals surface area contributed by atoms with Crippen LogP contribution < -0.4 is 5.73 Å². The van der Waals surface area contributed by atoms with E-state index in [4.69, 9.17) is 10.8 Å². The number of aliphatic carboxylic acids is 1. The maximum Gasteiger partial charge on any atom is 0.326 e. The molecule has 1 amide bonds. The zero-order valence-corrected chi connectivity index (χ0v) is 7.56. The van der Waals surface area contributed by atoms with Gasteiger partial charge in [-0.1, -0.05) is 0 Å². The molecular weight excluding hydrogens is 172 g/mol. The van der Waals surface area contributed by atoms with Gasteiger partial charge < -0.3 is 15.7 Å². The first-order chi connectivity index (χ1) is 6.04. The lowest BCUT2D eigenvalue weighted by Crippen LogP contribution is -2.47. The molecule has 5 heteroatoms. The molecule has 13 heavy (non-hydrogen) atoms. The number of likely N-dealkylation sites (tertiary alicyclic amines) is 1. The molecule has 0 aliphatic carbocycles. The van der Waals surface area contributed by atoms with Gasteiger partial charge >= 0.3 is 5.97 Å². The minimum atomic E-state index is -0.938. The van der Waals surface area contributed by atoms with Gasteiger partial charge in [-0.05, 0) is 19.8 Å². The van der Waals surface area contributed by atoms with Crippen molar-refractivity contribution in [1.82, 2.24) is 4.90 Å². The highest BCUT2D eigenvalue weighted by Gasteiger charge is 2.34. The molecule has 1 saturated heterocycles. The Balaban J connectivity index is 2.68. The summed E-state index contributed by atoms with van der Waals surface area (Å²) < 4.78 is 0. The summed E-state index contributed by atoms with van der Waals surface area (Å²) in [6.45, 7) is 2.08. The molecule has 3 N–H and O–H groups in total. The van der Waals surface area contributed by atoms with Crippen molar-refractivity contribution in [2.24, 2.45) is 5.73 Å². The Morgan fingerprint density at radius 1 is 1.62 bits per heavy atom. The highest BCUT2D eigenvalue weighted by atomic mass is 16.4. The van der Waals surface area contributed by atoms with E-state index in [2.05, 4.69) is 0 Å². The molecule has 1 heterocycles. The van der Waals surface area contributed by atoms with E-state index in [9.17, 15) is 9.59 Å². The van der Waals surface area contributed by atoms with Crippen molar-refractivity contribution in [2.75, 3.05) is 6.54 Å². The molecule has 1 rings (SSSR count). The summed E-state index contributed by atoms with van der Waals surface area (Å²) in [7, 11) is 0. The maximum absolute atomic E-state index is 11.4. The second-order valence-electron chi connectivity index (χ2n) is 3.32. The molecule has 0 aromatic carbocycles. The molecule has 0 spiro atoms. The molecule has 0 saturated carbocycles. The Labute approximate surface area is 76.5 Å². The fraction of sp³-hybridized carbons (Fsp3) is 0.750. The van der Waals surface area contributed by atoms with Crippen LogP contribution in [0.25, 0.3) is 0 Å². The number of nitrogens with two attached hydrogens (primary N) is 1. The molecule has 0 aromatic rings. The highest BCUT2D eigenvalue weighted by molar-refractivity contribution is 5.87. The number of carbonyl (C=O) groups is 2. The van der Waals surface area contributed by atoms with E-state index in [1.807, 2.05) is 0 Å². The Hall–Kier alpha value is -1.10. The van der Waals surface area contributed by atoms with Crippen LogP contribution in [0.3, 0.4) is 0 Å². The molecule has 1 unspecified atom stereocenters. The van der Waals surface area contributed by atoms with Crippen LogP contribution in [-0.4, -0.2) is 40.5 Å². The van der Waals surface area contributed by atoms with E-state index in [1.165, 1.54) is 4.90 Å². The molecular formula is C8H14N2O3.